The van der Waals surface area contributed by atoms with Crippen LogP contribution >= 0.6 is 0 Å². The molecular formula is C21H17N3O4. The molecule has 2 aromatic carbocycles. The summed E-state index contributed by atoms with van der Waals surface area (Å²) in [5, 5.41) is 19.3. The van der Waals surface area contributed by atoms with Gasteiger partial charge in [0, 0.05) is 16.5 Å². The summed E-state index contributed by atoms with van der Waals surface area (Å²) in [6.07, 6.45) is 0. The first-order chi connectivity index (χ1) is 13.4. The van der Waals surface area contributed by atoms with Crippen LogP contribution in [0.25, 0.3) is 33.6 Å². The number of aliphatic carboxylic acids is 1. The molecule has 0 saturated heterocycles. The van der Waals surface area contributed by atoms with Crippen molar-refractivity contribution in [2.75, 3.05) is 7.11 Å². The fourth-order valence-corrected chi connectivity index (χ4v) is 3.42. The molecule has 1 unspecified atom stereocenters. The first-order valence-corrected chi connectivity index (χ1v) is 8.67. The third-order valence-corrected chi connectivity index (χ3v) is 4.89. The van der Waals surface area contributed by atoms with Crippen LogP contribution in [0.15, 0.2) is 34.7 Å². The predicted octanol–water partition coefficient (Wildman–Crippen LogP) is 4.35. The summed E-state index contributed by atoms with van der Waals surface area (Å²) >= 11 is 0. The number of benzene rings is 2. The largest absolute Gasteiger partial charge is 0.496 e. The van der Waals surface area contributed by atoms with Crippen molar-refractivity contribution in [3.05, 3.63) is 47.0 Å². The van der Waals surface area contributed by atoms with Crippen LogP contribution in [-0.2, 0) is 4.79 Å². The lowest BCUT2D eigenvalue weighted by Crippen LogP contribution is -2.09. The maximum absolute atomic E-state index is 11.6. The molecule has 0 fully saturated rings. The molecule has 140 valence electrons. The maximum atomic E-state index is 11.6. The molecule has 2 aromatic heterocycles. The topological polar surface area (TPSA) is 112 Å². The highest BCUT2D eigenvalue weighted by molar-refractivity contribution is 5.96. The summed E-state index contributed by atoms with van der Waals surface area (Å²) in [6, 6.07) is 10.8. The average molecular weight is 375 g/mol. The standard InChI is InChI=1S/C21H17N3O4/c1-10-6-17(27-3)18(11(2)21(25)26)13-8-15(23-19(10)13)20-24-14-7-12(9-22)4-5-16(14)28-20/h4-8,11,23H,1-3H3,(H,25,26). The van der Waals surface area contributed by atoms with Crippen molar-refractivity contribution in [3.8, 4) is 23.4 Å². The third kappa shape index (κ3) is 2.67. The number of hydrogen-bond acceptors (Lipinski definition) is 5. The summed E-state index contributed by atoms with van der Waals surface area (Å²) in [5.41, 5.74) is 4.60. The number of nitrogens with one attached hydrogen (secondary N) is 1. The molecule has 0 saturated carbocycles. The second-order valence-electron chi connectivity index (χ2n) is 6.65. The Labute approximate surface area is 160 Å². The number of oxazole rings is 1. The molecule has 2 N–H and O–H groups in total. The Morgan fingerprint density at radius 2 is 2.14 bits per heavy atom. The number of aromatic nitrogens is 2. The minimum atomic E-state index is -0.933. The number of methoxy groups -OCH3 is 1. The number of hydrogen-bond donors (Lipinski definition) is 2. The molecule has 4 aromatic rings. The van der Waals surface area contributed by atoms with E-state index in [9.17, 15) is 9.90 Å². The minimum Gasteiger partial charge on any atom is -0.496 e. The second kappa shape index (κ2) is 6.43. The molecular weight excluding hydrogens is 358 g/mol. The van der Waals surface area contributed by atoms with Crippen LogP contribution < -0.4 is 4.74 Å². The van der Waals surface area contributed by atoms with Gasteiger partial charge < -0.3 is 19.2 Å². The quantitative estimate of drug-likeness (QED) is 0.548. The van der Waals surface area contributed by atoms with Crippen molar-refractivity contribution in [2.24, 2.45) is 0 Å². The van der Waals surface area contributed by atoms with E-state index in [2.05, 4.69) is 16.0 Å². The van der Waals surface area contributed by atoms with Crippen LogP contribution in [0.1, 0.15) is 29.5 Å². The fraction of sp³-hybridized carbons (Fsp3) is 0.190. The van der Waals surface area contributed by atoms with Gasteiger partial charge in [-0.15, -0.1) is 0 Å². The number of carbonyl (C=O) groups is 1. The van der Waals surface area contributed by atoms with Gasteiger partial charge in [-0.3, -0.25) is 4.79 Å². The summed E-state index contributed by atoms with van der Waals surface area (Å²) in [4.78, 5) is 19.4. The van der Waals surface area contributed by atoms with Gasteiger partial charge in [-0.1, -0.05) is 0 Å². The van der Waals surface area contributed by atoms with Crippen molar-refractivity contribution >= 4 is 28.0 Å². The highest BCUT2D eigenvalue weighted by Gasteiger charge is 2.24. The van der Waals surface area contributed by atoms with Gasteiger partial charge in [-0.05, 0) is 49.7 Å². The van der Waals surface area contributed by atoms with Gasteiger partial charge in [0.25, 0.3) is 0 Å². The molecule has 4 rings (SSSR count). The van der Waals surface area contributed by atoms with E-state index in [1.54, 1.807) is 25.1 Å². The Morgan fingerprint density at radius 3 is 2.82 bits per heavy atom. The van der Waals surface area contributed by atoms with Crippen molar-refractivity contribution in [2.45, 2.75) is 19.8 Å². The van der Waals surface area contributed by atoms with Crippen LogP contribution in [0.2, 0.25) is 0 Å². The molecule has 0 radical (unpaired) electrons. The van der Waals surface area contributed by atoms with E-state index in [0.717, 1.165) is 16.5 Å². The Balaban J connectivity index is 1.95. The van der Waals surface area contributed by atoms with Gasteiger partial charge in [-0.2, -0.15) is 5.26 Å². The lowest BCUT2D eigenvalue weighted by molar-refractivity contribution is -0.138. The highest BCUT2D eigenvalue weighted by Crippen LogP contribution is 2.38. The third-order valence-electron chi connectivity index (χ3n) is 4.89. The van der Waals surface area contributed by atoms with Gasteiger partial charge >= 0.3 is 5.97 Å². The number of nitriles is 1. The summed E-state index contributed by atoms with van der Waals surface area (Å²) in [5.74, 6) is -0.782. The van der Waals surface area contributed by atoms with E-state index in [-0.39, 0.29) is 0 Å². The zero-order valence-corrected chi connectivity index (χ0v) is 15.5. The number of fused-ring (bicyclic) bond motifs is 2. The summed E-state index contributed by atoms with van der Waals surface area (Å²) in [7, 11) is 1.53. The van der Waals surface area contributed by atoms with Gasteiger partial charge in [0.2, 0.25) is 5.89 Å². The van der Waals surface area contributed by atoms with Crippen LogP contribution in [0, 0.1) is 18.3 Å². The number of carboxylic acids is 1. The number of rotatable bonds is 4. The predicted molar refractivity (Wildman–Crippen MR) is 103 cm³/mol. The van der Waals surface area contributed by atoms with E-state index in [1.807, 2.05) is 19.1 Å². The van der Waals surface area contributed by atoms with Gasteiger partial charge in [0.1, 0.15) is 17.0 Å². The zero-order valence-electron chi connectivity index (χ0n) is 15.5. The minimum absolute atomic E-state index is 0.369. The Morgan fingerprint density at radius 1 is 1.36 bits per heavy atom. The first-order valence-electron chi connectivity index (χ1n) is 8.67. The molecule has 2 heterocycles. The number of carboxylic acid groups (broad SMARTS) is 1. The molecule has 7 nitrogen and oxygen atoms in total. The van der Waals surface area contributed by atoms with Gasteiger partial charge in [-0.25, -0.2) is 4.98 Å². The smallest absolute Gasteiger partial charge is 0.310 e. The molecule has 0 aliphatic rings. The molecule has 0 aliphatic heterocycles. The number of H-pyrrole nitrogens is 1. The SMILES string of the molecule is COc1cc(C)c2[nH]c(-c3nc4cc(C#N)ccc4o3)cc2c1C(C)C(=O)O. The number of aromatic amines is 1. The second-order valence-corrected chi connectivity index (χ2v) is 6.65. The number of ether oxygens (including phenoxy) is 1. The highest BCUT2D eigenvalue weighted by atomic mass is 16.5. The van der Waals surface area contributed by atoms with E-state index < -0.39 is 11.9 Å². The van der Waals surface area contributed by atoms with E-state index >= 15 is 0 Å². The molecule has 0 aliphatic carbocycles. The van der Waals surface area contributed by atoms with Gasteiger partial charge in [0.05, 0.1) is 24.7 Å². The van der Waals surface area contributed by atoms with E-state index in [1.165, 1.54) is 7.11 Å². The Kier molecular flexibility index (Phi) is 4.04. The van der Waals surface area contributed by atoms with Crippen LogP contribution in [-0.4, -0.2) is 28.2 Å². The average Bonchev–Trinajstić information content (AvgIpc) is 3.30. The molecule has 7 heteroatoms. The molecule has 28 heavy (non-hydrogen) atoms. The van der Waals surface area contributed by atoms with Crippen molar-refractivity contribution in [1.29, 1.82) is 5.26 Å². The lowest BCUT2D eigenvalue weighted by Gasteiger charge is -2.15. The molecule has 0 spiro atoms. The first kappa shape index (κ1) is 17.6. The maximum Gasteiger partial charge on any atom is 0.310 e. The van der Waals surface area contributed by atoms with E-state index in [0.29, 0.717) is 39.6 Å². The number of nitrogens with zero attached hydrogens (tertiary/aromatic N) is 2. The fourth-order valence-electron chi connectivity index (χ4n) is 3.42. The van der Waals surface area contributed by atoms with E-state index in [4.69, 9.17) is 14.4 Å². The van der Waals surface area contributed by atoms with Crippen LogP contribution in [0.5, 0.6) is 5.75 Å². The van der Waals surface area contributed by atoms with Crippen molar-refractivity contribution < 1.29 is 19.1 Å². The van der Waals surface area contributed by atoms with Crippen molar-refractivity contribution in [1.82, 2.24) is 9.97 Å². The number of aryl methyl sites for hydroxylation is 1. The zero-order chi connectivity index (χ0) is 20.0. The normalized spacial score (nSPS) is 12.2. The van der Waals surface area contributed by atoms with Crippen molar-refractivity contribution in [3.63, 3.8) is 0 Å². The lowest BCUT2D eigenvalue weighted by atomic mass is 9.94. The molecule has 0 bridgehead atoms. The molecule has 1 atom stereocenters. The Bertz CT molecular complexity index is 1280. The van der Waals surface area contributed by atoms with Crippen LogP contribution in [0.3, 0.4) is 0 Å². The van der Waals surface area contributed by atoms with Crippen LogP contribution in [0.4, 0.5) is 0 Å². The monoisotopic (exact) mass is 375 g/mol. The Hall–Kier alpha value is -3.79. The summed E-state index contributed by atoms with van der Waals surface area (Å²) < 4.78 is 11.3. The van der Waals surface area contributed by atoms with Gasteiger partial charge in [0.15, 0.2) is 5.58 Å². The molecule has 0 amide bonds. The summed E-state index contributed by atoms with van der Waals surface area (Å²) in [6.45, 7) is 3.55.